The number of carbonyl (C=O) groups excluding carboxylic acids is 1. The Kier molecular flexibility index (Phi) is 5.13. The third-order valence-electron chi connectivity index (χ3n) is 3.29. The number of methoxy groups -OCH3 is 1. The number of carbonyl (C=O) groups is 1. The maximum atomic E-state index is 12.0. The highest BCUT2D eigenvalue weighted by atomic mass is 32.2. The molecule has 0 aliphatic carbocycles. The van der Waals surface area contributed by atoms with Gasteiger partial charge in [-0.25, -0.2) is 4.99 Å². The molecule has 3 rings (SSSR count). The van der Waals surface area contributed by atoms with Crippen LogP contribution in [0, 0.1) is 0 Å². The molecule has 5 heteroatoms. The molecule has 0 unspecified atom stereocenters. The Hall–Kier alpha value is -2.79. The monoisotopic (exact) mass is 336 g/mol. The summed E-state index contributed by atoms with van der Waals surface area (Å²) in [5, 5.41) is 3.34. The van der Waals surface area contributed by atoms with Crippen molar-refractivity contribution in [2.45, 2.75) is 0 Å². The Morgan fingerprint density at radius 3 is 2.54 bits per heavy atom. The second kappa shape index (κ2) is 7.66. The molecule has 0 saturated carbocycles. The molecule has 1 heterocycles. The van der Waals surface area contributed by atoms with Crippen LogP contribution in [-0.4, -0.2) is 18.2 Å². The number of benzene rings is 2. The number of allylic oxidation sites excluding steroid dienone is 2. The number of ether oxygens (including phenoxy) is 1. The van der Waals surface area contributed by atoms with Crippen molar-refractivity contribution in [3.05, 3.63) is 77.2 Å². The molecule has 0 aromatic heterocycles. The van der Waals surface area contributed by atoms with Gasteiger partial charge in [-0.15, -0.1) is 0 Å². The Morgan fingerprint density at radius 1 is 1.08 bits per heavy atom. The fourth-order valence-electron chi connectivity index (χ4n) is 2.08. The maximum Gasteiger partial charge on any atom is 0.264 e. The van der Waals surface area contributed by atoms with Gasteiger partial charge in [0.1, 0.15) is 5.75 Å². The minimum Gasteiger partial charge on any atom is -0.497 e. The van der Waals surface area contributed by atoms with Gasteiger partial charge in [-0.1, -0.05) is 42.5 Å². The average Bonchev–Trinajstić information content (AvgIpc) is 2.96. The smallest absolute Gasteiger partial charge is 0.264 e. The van der Waals surface area contributed by atoms with E-state index in [0.717, 1.165) is 17.0 Å². The van der Waals surface area contributed by atoms with Gasteiger partial charge in [-0.05, 0) is 47.7 Å². The van der Waals surface area contributed by atoms with Crippen LogP contribution >= 0.6 is 11.8 Å². The van der Waals surface area contributed by atoms with Crippen molar-refractivity contribution in [1.82, 2.24) is 5.32 Å². The van der Waals surface area contributed by atoms with E-state index in [1.807, 2.05) is 66.7 Å². The lowest BCUT2D eigenvalue weighted by atomic mass is 10.2. The number of thioether (sulfide) groups is 1. The Morgan fingerprint density at radius 2 is 1.83 bits per heavy atom. The zero-order valence-corrected chi connectivity index (χ0v) is 13.9. The molecular formula is C19H16N2O2S. The molecular weight excluding hydrogens is 320 g/mol. The Balaban J connectivity index is 1.69. The van der Waals surface area contributed by atoms with Gasteiger partial charge in [-0.3, -0.25) is 4.79 Å². The van der Waals surface area contributed by atoms with Crippen LogP contribution in [0.25, 0.3) is 6.08 Å². The highest BCUT2D eigenvalue weighted by molar-refractivity contribution is 8.18. The molecule has 0 atom stereocenters. The van der Waals surface area contributed by atoms with Crippen molar-refractivity contribution in [3.8, 4) is 5.75 Å². The van der Waals surface area contributed by atoms with Gasteiger partial charge in [0.15, 0.2) is 5.17 Å². The van der Waals surface area contributed by atoms with E-state index in [1.54, 1.807) is 13.2 Å². The first kappa shape index (κ1) is 16.1. The van der Waals surface area contributed by atoms with Gasteiger partial charge in [0, 0.05) is 0 Å². The molecule has 1 amide bonds. The van der Waals surface area contributed by atoms with Crippen molar-refractivity contribution in [2.75, 3.05) is 7.11 Å². The zero-order chi connectivity index (χ0) is 16.8. The van der Waals surface area contributed by atoms with Crippen molar-refractivity contribution in [3.63, 3.8) is 0 Å². The SMILES string of the molecule is COc1ccc(N=C2NC(=O)/C(=C/C=C\c3ccccc3)S2)cc1. The second-order valence-electron chi connectivity index (χ2n) is 4.97. The summed E-state index contributed by atoms with van der Waals surface area (Å²) in [5.41, 5.74) is 1.85. The molecule has 2 aromatic rings. The van der Waals surface area contributed by atoms with E-state index in [9.17, 15) is 4.79 Å². The molecule has 0 spiro atoms. The van der Waals surface area contributed by atoms with Crippen LogP contribution in [0.15, 0.2) is 76.6 Å². The molecule has 120 valence electrons. The van der Waals surface area contributed by atoms with Crippen LogP contribution in [0.4, 0.5) is 5.69 Å². The van der Waals surface area contributed by atoms with Gasteiger partial charge >= 0.3 is 0 Å². The molecule has 2 aromatic carbocycles. The number of rotatable bonds is 4. The molecule has 0 radical (unpaired) electrons. The third kappa shape index (κ3) is 4.14. The first-order valence-electron chi connectivity index (χ1n) is 7.40. The molecule has 1 fully saturated rings. The van der Waals surface area contributed by atoms with Gasteiger partial charge in [0.05, 0.1) is 17.7 Å². The summed E-state index contributed by atoms with van der Waals surface area (Å²) in [5.74, 6) is 0.638. The van der Waals surface area contributed by atoms with Gasteiger partial charge in [-0.2, -0.15) is 0 Å². The molecule has 1 N–H and O–H groups in total. The Labute approximate surface area is 145 Å². The Bertz CT molecular complexity index is 809. The van der Waals surface area contributed by atoms with Gasteiger partial charge in [0.2, 0.25) is 0 Å². The fourth-order valence-corrected chi connectivity index (χ4v) is 2.87. The number of nitrogens with one attached hydrogen (secondary N) is 1. The lowest BCUT2D eigenvalue weighted by molar-refractivity contribution is -0.115. The first-order valence-corrected chi connectivity index (χ1v) is 8.21. The van der Waals surface area contributed by atoms with Crippen LogP contribution in [0.5, 0.6) is 5.75 Å². The topological polar surface area (TPSA) is 50.7 Å². The standard InChI is InChI=1S/C19H16N2O2S/c1-23-16-12-10-15(11-13-16)20-19-21-18(22)17(24-19)9-5-8-14-6-3-2-4-7-14/h2-13H,1H3,(H,20,21,22)/b8-5-,17-9-. The predicted octanol–water partition coefficient (Wildman–Crippen LogP) is 4.14. The van der Waals surface area contributed by atoms with Crippen molar-refractivity contribution in [1.29, 1.82) is 0 Å². The van der Waals surface area contributed by atoms with E-state index in [2.05, 4.69) is 10.3 Å². The van der Waals surface area contributed by atoms with E-state index in [4.69, 9.17) is 4.74 Å². The van der Waals surface area contributed by atoms with E-state index in [-0.39, 0.29) is 5.91 Å². The maximum absolute atomic E-state index is 12.0. The molecule has 1 aliphatic rings. The minimum absolute atomic E-state index is 0.134. The van der Waals surface area contributed by atoms with E-state index >= 15 is 0 Å². The van der Waals surface area contributed by atoms with Gasteiger partial charge < -0.3 is 10.1 Å². The summed E-state index contributed by atoms with van der Waals surface area (Å²) < 4.78 is 5.11. The van der Waals surface area contributed by atoms with E-state index in [1.165, 1.54) is 11.8 Å². The lowest BCUT2D eigenvalue weighted by Gasteiger charge is -1.99. The van der Waals surface area contributed by atoms with Crippen LogP contribution in [0.1, 0.15) is 5.56 Å². The predicted molar refractivity (Wildman–Crippen MR) is 99.4 cm³/mol. The van der Waals surface area contributed by atoms with Crippen LogP contribution in [-0.2, 0) is 4.79 Å². The summed E-state index contributed by atoms with van der Waals surface area (Å²) in [4.78, 5) is 17.0. The molecule has 1 aliphatic heterocycles. The first-order chi connectivity index (χ1) is 11.7. The van der Waals surface area contributed by atoms with E-state index in [0.29, 0.717) is 10.1 Å². The average molecular weight is 336 g/mol. The molecule has 1 saturated heterocycles. The lowest BCUT2D eigenvalue weighted by Crippen LogP contribution is -2.19. The number of amidine groups is 1. The highest BCUT2D eigenvalue weighted by Gasteiger charge is 2.22. The van der Waals surface area contributed by atoms with Crippen molar-refractivity contribution < 1.29 is 9.53 Å². The third-order valence-corrected chi connectivity index (χ3v) is 4.22. The largest absolute Gasteiger partial charge is 0.497 e. The second-order valence-corrected chi connectivity index (χ2v) is 6.00. The summed E-state index contributed by atoms with van der Waals surface area (Å²) in [6, 6.07) is 17.3. The molecule has 4 nitrogen and oxygen atoms in total. The number of aliphatic imine (C=N–C) groups is 1. The summed E-state index contributed by atoms with van der Waals surface area (Å²) >= 11 is 1.33. The highest BCUT2D eigenvalue weighted by Crippen LogP contribution is 2.27. The number of nitrogens with zero attached hydrogens (tertiary/aromatic N) is 1. The number of hydrogen-bond acceptors (Lipinski definition) is 4. The normalized spacial score (nSPS) is 17.6. The molecule has 24 heavy (non-hydrogen) atoms. The van der Waals surface area contributed by atoms with Crippen LogP contribution in [0.2, 0.25) is 0 Å². The summed E-state index contributed by atoms with van der Waals surface area (Å²) in [7, 11) is 1.62. The zero-order valence-electron chi connectivity index (χ0n) is 13.1. The number of hydrogen-bond donors (Lipinski definition) is 1. The number of amides is 1. The van der Waals surface area contributed by atoms with Crippen molar-refractivity contribution >= 4 is 34.6 Å². The van der Waals surface area contributed by atoms with Crippen LogP contribution < -0.4 is 10.1 Å². The quantitative estimate of drug-likeness (QED) is 0.854. The van der Waals surface area contributed by atoms with E-state index < -0.39 is 0 Å². The summed E-state index contributed by atoms with van der Waals surface area (Å²) in [6.07, 6.45) is 5.62. The fraction of sp³-hybridized carbons (Fsp3) is 0.0526. The summed E-state index contributed by atoms with van der Waals surface area (Å²) in [6.45, 7) is 0. The van der Waals surface area contributed by atoms with Gasteiger partial charge in [0.25, 0.3) is 5.91 Å². The van der Waals surface area contributed by atoms with Crippen LogP contribution in [0.3, 0.4) is 0 Å². The van der Waals surface area contributed by atoms with Crippen molar-refractivity contribution in [2.24, 2.45) is 4.99 Å². The minimum atomic E-state index is -0.134. The molecule has 0 bridgehead atoms.